The number of nitrogens with zero attached hydrogens (tertiary/aromatic N) is 2. The Labute approximate surface area is 84.5 Å². The fourth-order valence-electron chi connectivity index (χ4n) is 2.28. The lowest BCUT2D eigenvalue weighted by Gasteiger charge is -2.24. The molecule has 78 valence electrons. The zero-order chi connectivity index (χ0) is 9.97. The van der Waals surface area contributed by atoms with Gasteiger partial charge >= 0.3 is 0 Å². The zero-order valence-corrected chi connectivity index (χ0v) is 8.61. The number of likely N-dealkylation sites (tertiary alicyclic amines) is 1. The van der Waals surface area contributed by atoms with Crippen LogP contribution < -0.4 is 5.73 Å². The van der Waals surface area contributed by atoms with Crippen molar-refractivity contribution in [2.75, 3.05) is 13.1 Å². The lowest BCUT2D eigenvalue weighted by molar-refractivity contribution is 0.244. The maximum absolute atomic E-state index is 6.10. The molecule has 0 aliphatic carbocycles. The number of aromatic nitrogens is 2. The average Bonchev–Trinajstić information content (AvgIpc) is 2.76. The summed E-state index contributed by atoms with van der Waals surface area (Å²) in [5, 5.41) is 7.01. The molecule has 0 spiro atoms. The van der Waals surface area contributed by atoms with Gasteiger partial charge in [-0.15, -0.1) is 0 Å². The quantitative estimate of drug-likeness (QED) is 0.751. The topological polar surface area (TPSA) is 57.9 Å². The van der Waals surface area contributed by atoms with Crippen molar-refractivity contribution in [1.29, 1.82) is 0 Å². The highest BCUT2D eigenvalue weighted by molar-refractivity contribution is 5.10. The molecule has 0 saturated carbocycles. The lowest BCUT2D eigenvalue weighted by Crippen LogP contribution is -2.32. The van der Waals surface area contributed by atoms with E-state index >= 15 is 0 Å². The molecule has 2 atom stereocenters. The third kappa shape index (κ3) is 1.67. The van der Waals surface area contributed by atoms with Crippen LogP contribution in [0.1, 0.15) is 31.5 Å². The Hall–Kier alpha value is -0.870. The highest BCUT2D eigenvalue weighted by Gasteiger charge is 2.32. The second-order valence-corrected chi connectivity index (χ2v) is 3.95. The molecule has 2 unspecified atom stereocenters. The van der Waals surface area contributed by atoms with Gasteiger partial charge in [0, 0.05) is 18.8 Å². The summed E-state index contributed by atoms with van der Waals surface area (Å²) >= 11 is 0. The largest absolute Gasteiger partial charge is 0.326 e. The molecule has 2 rings (SSSR count). The minimum atomic E-state index is 0.252. The molecule has 1 aromatic rings. The van der Waals surface area contributed by atoms with Crippen LogP contribution in [-0.4, -0.2) is 34.2 Å². The summed E-state index contributed by atoms with van der Waals surface area (Å²) in [5.74, 6) is 0. The number of H-pyrrole nitrogens is 1. The van der Waals surface area contributed by atoms with Gasteiger partial charge in [0.15, 0.2) is 0 Å². The van der Waals surface area contributed by atoms with E-state index in [4.69, 9.17) is 5.73 Å². The third-order valence-corrected chi connectivity index (χ3v) is 2.90. The lowest BCUT2D eigenvalue weighted by atomic mass is 10.1. The molecule has 1 aromatic heterocycles. The predicted octanol–water partition coefficient (Wildman–Crippen LogP) is 0.894. The normalized spacial score (nSPS) is 28.4. The van der Waals surface area contributed by atoms with E-state index in [1.54, 1.807) is 6.20 Å². The van der Waals surface area contributed by atoms with E-state index in [1.165, 1.54) is 6.42 Å². The number of aromatic amines is 1. The van der Waals surface area contributed by atoms with Gasteiger partial charge in [-0.1, -0.05) is 6.92 Å². The Morgan fingerprint density at radius 2 is 2.57 bits per heavy atom. The number of hydrogen-bond acceptors (Lipinski definition) is 3. The summed E-state index contributed by atoms with van der Waals surface area (Å²) < 4.78 is 0. The molecular formula is C10H18N4. The first-order valence-corrected chi connectivity index (χ1v) is 5.32. The van der Waals surface area contributed by atoms with Gasteiger partial charge in [-0.25, -0.2) is 0 Å². The molecule has 0 bridgehead atoms. The van der Waals surface area contributed by atoms with Gasteiger partial charge in [-0.05, 0) is 25.5 Å². The van der Waals surface area contributed by atoms with Crippen LogP contribution in [0.25, 0.3) is 0 Å². The number of nitrogens with two attached hydrogens (primary N) is 1. The van der Waals surface area contributed by atoms with Crippen molar-refractivity contribution in [2.24, 2.45) is 5.73 Å². The van der Waals surface area contributed by atoms with Gasteiger partial charge in [0.1, 0.15) is 0 Å². The highest BCUT2D eigenvalue weighted by Crippen LogP contribution is 2.29. The second-order valence-electron chi connectivity index (χ2n) is 3.95. The SMILES string of the molecule is CCCN1CCC(N)C1c1ccn[nH]1. The van der Waals surface area contributed by atoms with Crippen molar-refractivity contribution in [3.8, 4) is 0 Å². The Balaban J connectivity index is 2.13. The fraction of sp³-hybridized carbons (Fsp3) is 0.700. The van der Waals surface area contributed by atoms with Crippen LogP contribution in [0.3, 0.4) is 0 Å². The molecule has 1 saturated heterocycles. The monoisotopic (exact) mass is 194 g/mol. The van der Waals surface area contributed by atoms with E-state index in [0.717, 1.165) is 25.2 Å². The van der Waals surface area contributed by atoms with Crippen molar-refractivity contribution in [3.63, 3.8) is 0 Å². The Bertz CT molecular complexity index is 268. The van der Waals surface area contributed by atoms with Crippen molar-refractivity contribution < 1.29 is 0 Å². The third-order valence-electron chi connectivity index (χ3n) is 2.90. The molecule has 0 amide bonds. The van der Waals surface area contributed by atoms with Gasteiger partial charge in [-0.3, -0.25) is 10.00 Å². The van der Waals surface area contributed by atoms with Crippen molar-refractivity contribution >= 4 is 0 Å². The predicted molar refractivity (Wildman–Crippen MR) is 55.8 cm³/mol. The van der Waals surface area contributed by atoms with Crippen LogP contribution in [0.15, 0.2) is 12.3 Å². The fourth-order valence-corrected chi connectivity index (χ4v) is 2.28. The summed E-state index contributed by atoms with van der Waals surface area (Å²) in [5.41, 5.74) is 7.26. The Kier molecular flexibility index (Phi) is 2.84. The summed E-state index contributed by atoms with van der Waals surface area (Å²) in [6.45, 7) is 4.43. The van der Waals surface area contributed by atoms with Crippen LogP contribution in [0.5, 0.6) is 0 Å². The number of hydrogen-bond donors (Lipinski definition) is 2. The standard InChI is InChI=1S/C10H18N4/c1-2-6-14-7-4-8(11)10(14)9-3-5-12-13-9/h3,5,8,10H,2,4,6-7,11H2,1H3,(H,12,13). The van der Waals surface area contributed by atoms with E-state index in [1.807, 2.05) is 6.07 Å². The Morgan fingerprint density at radius 1 is 1.71 bits per heavy atom. The molecule has 14 heavy (non-hydrogen) atoms. The summed E-state index contributed by atoms with van der Waals surface area (Å²) in [7, 11) is 0. The number of rotatable bonds is 3. The summed E-state index contributed by atoms with van der Waals surface area (Å²) in [4.78, 5) is 2.44. The van der Waals surface area contributed by atoms with Gasteiger partial charge in [0.05, 0.1) is 11.7 Å². The zero-order valence-electron chi connectivity index (χ0n) is 8.61. The van der Waals surface area contributed by atoms with Gasteiger partial charge < -0.3 is 5.73 Å². The van der Waals surface area contributed by atoms with Crippen LogP contribution in [-0.2, 0) is 0 Å². The van der Waals surface area contributed by atoms with Crippen LogP contribution in [0.2, 0.25) is 0 Å². The second kappa shape index (κ2) is 4.11. The molecular weight excluding hydrogens is 176 g/mol. The highest BCUT2D eigenvalue weighted by atomic mass is 15.2. The Morgan fingerprint density at radius 3 is 3.21 bits per heavy atom. The molecule has 4 heteroatoms. The smallest absolute Gasteiger partial charge is 0.0668 e. The van der Waals surface area contributed by atoms with Crippen molar-refractivity contribution in [3.05, 3.63) is 18.0 Å². The minimum Gasteiger partial charge on any atom is -0.326 e. The summed E-state index contributed by atoms with van der Waals surface area (Å²) in [6.07, 6.45) is 4.06. The van der Waals surface area contributed by atoms with Crippen molar-refractivity contribution in [1.82, 2.24) is 15.1 Å². The first kappa shape index (κ1) is 9.68. The molecule has 3 N–H and O–H groups in total. The molecule has 0 radical (unpaired) electrons. The molecule has 1 aliphatic heterocycles. The summed E-state index contributed by atoms with van der Waals surface area (Å²) in [6, 6.07) is 2.62. The molecule has 0 aromatic carbocycles. The van der Waals surface area contributed by atoms with Gasteiger partial charge in [-0.2, -0.15) is 5.10 Å². The first-order chi connectivity index (χ1) is 6.83. The van der Waals surface area contributed by atoms with E-state index in [2.05, 4.69) is 22.0 Å². The van der Waals surface area contributed by atoms with Crippen LogP contribution in [0.4, 0.5) is 0 Å². The van der Waals surface area contributed by atoms with Crippen molar-refractivity contribution in [2.45, 2.75) is 31.8 Å². The van der Waals surface area contributed by atoms with E-state index in [0.29, 0.717) is 6.04 Å². The average molecular weight is 194 g/mol. The first-order valence-electron chi connectivity index (χ1n) is 5.32. The van der Waals surface area contributed by atoms with Gasteiger partial charge in [0.2, 0.25) is 0 Å². The maximum atomic E-state index is 6.10. The maximum Gasteiger partial charge on any atom is 0.0668 e. The van der Waals surface area contributed by atoms with Crippen LogP contribution >= 0.6 is 0 Å². The van der Waals surface area contributed by atoms with E-state index in [-0.39, 0.29) is 6.04 Å². The van der Waals surface area contributed by atoms with Crippen LogP contribution in [0, 0.1) is 0 Å². The van der Waals surface area contributed by atoms with E-state index < -0.39 is 0 Å². The minimum absolute atomic E-state index is 0.252. The molecule has 2 heterocycles. The molecule has 1 aliphatic rings. The molecule has 4 nitrogen and oxygen atoms in total. The number of nitrogens with one attached hydrogen (secondary N) is 1. The molecule has 1 fully saturated rings. The van der Waals surface area contributed by atoms with E-state index in [9.17, 15) is 0 Å². The van der Waals surface area contributed by atoms with Gasteiger partial charge in [0.25, 0.3) is 0 Å².